The number of pyridine rings is 1. The molecule has 1 fully saturated rings. The van der Waals surface area contributed by atoms with Gasteiger partial charge in [0.15, 0.2) is 0 Å². The molecule has 0 saturated carbocycles. The van der Waals surface area contributed by atoms with Gasteiger partial charge < -0.3 is 4.74 Å². The van der Waals surface area contributed by atoms with Gasteiger partial charge in [0.05, 0.1) is 11.1 Å². The third-order valence-electron chi connectivity index (χ3n) is 2.13. The van der Waals surface area contributed by atoms with Crippen LogP contribution in [0, 0.1) is 5.95 Å². The Morgan fingerprint density at radius 1 is 1.57 bits per heavy atom. The predicted octanol–water partition coefficient (Wildman–Crippen LogP) is 2.49. The van der Waals surface area contributed by atoms with Crippen LogP contribution in [0.5, 0.6) is 0 Å². The number of hydrogen-bond acceptors (Lipinski definition) is 3. The van der Waals surface area contributed by atoms with Gasteiger partial charge in [0.1, 0.15) is 0 Å². The van der Waals surface area contributed by atoms with Gasteiger partial charge in [-0.05, 0) is 25.0 Å². The van der Waals surface area contributed by atoms with Crippen molar-refractivity contribution in [3.63, 3.8) is 0 Å². The molecule has 0 amide bonds. The third kappa shape index (κ3) is 2.69. The smallest absolute Gasteiger partial charge is 0.213 e. The van der Waals surface area contributed by atoms with E-state index in [1.807, 2.05) is 6.07 Å². The van der Waals surface area contributed by atoms with Crippen molar-refractivity contribution in [2.45, 2.75) is 24.0 Å². The van der Waals surface area contributed by atoms with Crippen LogP contribution in [0.2, 0.25) is 0 Å². The highest BCUT2D eigenvalue weighted by molar-refractivity contribution is 7.99. The Hall–Kier alpha value is -0.610. The quantitative estimate of drug-likeness (QED) is 0.569. The van der Waals surface area contributed by atoms with Crippen LogP contribution in [-0.4, -0.2) is 23.4 Å². The first kappa shape index (κ1) is 9.93. The summed E-state index contributed by atoms with van der Waals surface area (Å²) in [5, 5.41) is 0.737. The van der Waals surface area contributed by atoms with E-state index in [9.17, 15) is 4.39 Å². The Morgan fingerprint density at radius 3 is 3.21 bits per heavy atom. The highest BCUT2D eigenvalue weighted by Crippen LogP contribution is 2.22. The normalized spacial score (nSPS) is 21.4. The molecule has 2 nitrogen and oxygen atoms in total. The number of hydrogen-bond donors (Lipinski definition) is 0. The van der Waals surface area contributed by atoms with Crippen molar-refractivity contribution in [3.05, 3.63) is 24.1 Å². The molecule has 1 atom stereocenters. The van der Waals surface area contributed by atoms with E-state index in [1.165, 1.54) is 6.07 Å². The molecule has 0 spiro atoms. The van der Waals surface area contributed by atoms with Crippen LogP contribution in [0.4, 0.5) is 4.39 Å². The number of rotatable bonds is 3. The molecule has 1 aliphatic heterocycles. The molecule has 0 radical (unpaired) electrons. The highest BCUT2D eigenvalue weighted by Gasteiger charge is 2.15. The summed E-state index contributed by atoms with van der Waals surface area (Å²) in [5.74, 6) is 0.457. The van der Waals surface area contributed by atoms with Gasteiger partial charge in [-0.25, -0.2) is 4.98 Å². The molecule has 0 aromatic carbocycles. The van der Waals surface area contributed by atoms with Crippen molar-refractivity contribution in [1.82, 2.24) is 4.98 Å². The molecule has 2 heterocycles. The molecule has 0 aliphatic carbocycles. The lowest BCUT2D eigenvalue weighted by molar-refractivity contribution is 0.129. The van der Waals surface area contributed by atoms with Crippen molar-refractivity contribution in [2.75, 3.05) is 12.4 Å². The maximum atomic E-state index is 12.7. The zero-order chi connectivity index (χ0) is 9.80. The maximum absolute atomic E-state index is 12.7. The van der Waals surface area contributed by atoms with Crippen LogP contribution >= 0.6 is 11.8 Å². The standard InChI is InChI=1S/C10H12FNOS/c11-9-4-1-5-10(12-9)14-7-8-3-2-6-13-8/h1,4-5,8H,2-3,6-7H2. The summed E-state index contributed by atoms with van der Waals surface area (Å²) in [7, 11) is 0. The van der Waals surface area contributed by atoms with E-state index in [0.29, 0.717) is 6.10 Å². The van der Waals surface area contributed by atoms with E-state index in [1.54, 1.807) is 17.8 Å². The average molecular weight is 213 g/mol. The SMILES string of the molecule is Fc1cccc(SCC2CCCO2)n1. The first-order valence-corrected chi connectivity index (χ1v) is 5.70. The van der Waals surface area contributed by atoms with E-state index in [-0.39, 0.29) is 0 Å². The van der Waals surface area contributed by atoms with E-state index in [2.05, 4.69) is 4.98 Å². The zero-order valence-corrected chi connectivity index (χ0v) is 8.60. The number of nitrogens with zero attached hydrogens (tertiary/aromatic N) is 1. The largest absolute Gasteiger partial charge is 0.377 e. The van der Waals surface area contributed by atoms with Crippen LogP contribution in [0.3, 0.4) is 0 Å². The molecule has 0 bridgehead atoms. The molecule has 0 N–H and O–H groups in total. The fraction of sp³-hybridized carbons (Fsp3) is 0.500. The maximum Gasteiger partial charge on any atom is 0.213 e. The van der Waals surface area contributed by atoms with Crippen molar-refractivity contribution in [2.24, 2.45) is 0 Å². The molecular formula is C10H12FNOS. The average Bonchev–Trinajstić information content (AvgIpc) is 2.67. The fourth-order valence-electron chi connectivity index (χ4n) is 1.42. The molecular weight excluding hydrogens is 201 g/mol. The van der Waals surface area contributed by atoms with Crippen LogP contribution in [0.15, 0.2) is 23.2 Å². The summed E-state index contributed by atoms with van der Waals surface area (Å²) >= 11 is 1.56. The van der Waals surface area contributed by atoms with Crippen LogP contribution < -0.4 is 0 Å². The van der Waals surface area contributed by atoms with Gasteiger partial charge in [0.2, 0.25) is 5.95 Å². The topological polar surface area (TPSA) is 22.1 Å². The monoisotopic (exact) mass is 213 g/mol. The van der Waals surface area contributed by atoms with Crippen molar-refractivity contribution < 1.29 is 9.13 Å². The fourth-order valence-corrected chi connectivity index (χ4v) is 2.37. The van der Waals surface area contributed by atoms with Crippen LogP contribution in [-0.2, 0) is 4.74 Å². The Bertz CT molecular complexity index is 302. The van der Waals surface area contributed by atoms with E-state index in [4.69, 9.17) is 4.74 Å². The molecule has 1 aromatic rings. The second-order valence-corrected chi connectivity index (χ2v) is 4.28. The molecule has 4 heteroatoms. The number of aromatic nitrogens is 1. The lowest BCUT2D eigenvalue weighted by Gasteiger charge is -2.07. The van der Waals surface area contributed by atoms with Gasteiger partial charge in [-0.3, -0.25) is 0 Å². The van der Waals surface area contributed by atoms with Gasteiger partial charge in [0, 0.05) is 12.4 Å². The zero-order valence-electron chi connectivity index (χ0n) is 7.78. The first-order chi connectivity index (χ1) is 6.84. The minimum atomic E-state index is -0.414. The molecule has 14 heavy (non-hydrogen) atoms. The molecule has 1 aromatic heterocycles. The first-order valence-electron chi connectivity index (χ1n) is 4.71. The second kappa shape index (κ2) is 4.75. The minimum absolute atomic E-state index is 0.324. The minimum Gasteiger partial charge on any atom is -0.377 e. The second-order valence-electron chi connectivity index (χ2n) is 3.24. The van der Waals surface area contributed by atoms with Gasteiger partial charge in [-0.1, -0.05) is 6.07 Å². The predicted molar refractivity (Wildman–Crippen MR) is 53.9 cm³/mol. The Balaban J connectivity index is 1.85. The lowest BCUT2D eigenvalue weighted by Crippen LogP contribution is -2.07. The van der Waals surface area contributed by atoms with E-state index >= 15 is 0 Å². The molecule has 76 valence electrons. The molecule has 2 rings (SSSR count). The van der Waals surface area contributed by atoms with Gasteiger partial charge >= 0.3 is 0 Å². The summed E-state index contributed by atoms with van der Waals surface area (Å²) in [6.45, 7) is 0.863. The highest BCUT2D eigenvalue weighted by atomic mass is 32.2. The number of ether oxygens (including phenoxy) is 1. The molecule has 1 saturated heterocycles. The summed E-state index contributed by atoms with van der Waals surface area (Å²) < 4.78 is 18.2. The molecule has 1 aliphatic rings. The van der Waals surface area contributed by atoms with Crippen molar-refractivity contribution in [1.29, 1.82) is 0 Å². The van der Waals surface area contributed by atoms with Crippen molar-refractivity contribution in [3.8, 4) is 0 Å². The third-order valence-corrected chi connectivity index (χ3v) is 3.19. The summed E-state index contributed by atoms with van der Waals surface area (Å²) in [4.78, 5) is 3.77. The summed E-state index contributed by atoms with van der Waals surface area (Å²) in [6, 6.07) is 4.86. The Kier molecular flexibility index (Phi) is 3.37. The molecule has 1 unspecified atom stereocenters. The van der Waals surface area contributed by atoms with Gasteiger partial charge in [0.25, 0.3) is 0 Å². The summed E-state index contributed by atoms with van der Waals surface area (Å²) in [6.07, 6.45) is 2.58. The number of halogens is 1. The van der Waals surface area contributed by atoms with Gasteiger partial charge in [-0.2, -0.15) is 4.39 Å². The van der Waals surface area contributed by atoms with E-state index < -0.39 is 5.95 Å². The lowest BCUT2D eigenvalue weighted by atomic mass is 10.3. The van der Waals surface area contributed by atoms with Gasteiger partial charge in [-0.15, -0.1) is 11.8 Å². The Labute approximate surface area is 86.9 Å². The number of thioether (sulfide) groups is 1. The van der Waals surface area contributed by atoms with Crippen molar-refractivity contribution >= 4 is 11.8 Å². The van der Waals surface area contributed by atoms with E-state index in [0.717, 1.165) is 30.2 Å². The van der Waals surface area contributed by atoms with Crippen LogP contribution in [0.25, 0.3) is 0 Å². The Morgan fingerprint density at radius 2 is 2.50 bits per heavy atom. The van der Waals surface area contributed by atoms with Crippen LogP contribution in [0.1, 0.15) is 12.8 Å². The summed E-state index contributed by atoms with van der Waals surface area (Å²) in [5.41, 5.74) is 0.